The molecule has 0 bridgehead atoms. The van der Waals surface area contributed by atoms with E-state index in [-0.39, 0.29) is 0 Å². The molecule has 0 radical (unpaired) electrons. The Hall–Kier alpha value is -1.45. The Balaban J connectivity index is 1.99. The van der Waals surface area contributed by atoms with E-state index in [1.54, 1.807) is 6.07 Å². The van der Waals surface area contributed by atoms with Crippen molar-refractivity contribution in [3.63, 3.8) is 0 Å². The van der Waals surface area contributed by atoms with Gasteiger partial charge in [0, 0.05) is 6.54 Å². The highest BCUT2D eigenvalue weighted by molar-refractivity contribution is 5.61. The summed E-state index contributed by atoms with van der Waals surface area (Å²) < 4.78 is 0. The first-order valence-electron chi connectivity index (χ1n) is 4.85. The number of hydrogen-bond donors (Lipinski definition) is 3. The number of hydrogen-bond acceptors (Lipinski definition) is 4. The molecule has 1 aliphatic rings. The number of anilines is 3. The number of nitrogens with one attached hydrogen (secondary N) is 1. The minimum Gasteiger partial charge on any atom is -0.396 e. The second-order valence-corrected chi connectivity index (χ2v) is 4.34. The van der Waals surface area contributed by atoms with Crippen LogP contribution in [0, 0.1) is 5.41 Å². The van der Waals surface area contributed by atoms with E-state index in [0.717, 1.165) is 12.4 Å². The summed E-state index contributed by atoms with van der Waals surface area (Å²) in [6, 6.07) is 3.64. The lowest BCUT2D eigenvalue weighted by Crippen LogP contribution is -2.13. The molecule has 1 aliphatic carbocycles. The van der Waals surface area contributed by atoms with Crippen molar-refractivity contribution < 1.29 is 0 Å². The van der Waals surface area contributed by atoms with Crippen LogP contribution < -0.4 is 16.8 Å². The van der Waals surface area contributed by atoms with Gasteiger partial charge in [0.2, 0.25) is 0 Å². The summed E-state index contributed by atoms with van der Waals surface area (Å²) in [6.07, 6.45) is 2.59. The topological polar surface area (TPSA) is 77.0 Å². The summed E-state index contributed by atoms with van der Waals surface area (Å²) in [7, 11) is 0. The molecule has 4 nitrogen and oxygen atoms in total. The molecule has 5 N–H and O–H groups in total. The molecule has 1 aromatic rings. The zero-order chi connectivity index (χ0) is 10.2. The summed E-state index contributed by atoms with van der Waals surface area (Å²) in [4.78, 5) is 4.15. The Morgan fingerprint density at radius 1 is 1.43 bits per heavy atom. The lowest BCUT2D eigenvalue weighted by molar-refractivity contribution is 0.609. The molecule has 0 aromatic carbocycles. The van der Waals surface area contributed by atoms with Crippen LogP contribution in [-0.4, -0.2) is 11.5 Å². The van der Waals surface area contributed by atoms with Crippen LogP contribution in [0.1, 0.15) is 19.8 Å². The fourth-order valence-electron chi connectivity index (χ4n) is 1.28. The summed E-state index contributed by atoms with van der Waals surface area (Å²) in [5.74, 6) is 1.21. The van der Waals surface area contributed by atoms with E-state index in [4.69, 9.17) is 11.5 Å². The third-order valence-electron chi connectivity index (χ3n) is 2.76. The third kappa shape index (κ3) is 1.89. The van der Waals surface area contributed by atoms with Crippen molar-refractivity contribution in [2.75, 3.05) is 23.3 Å². The van der Waals surface area contributed by atoms with Crippen molar-refractivity contribution in [1.29, 1.82) is 0 Å². The smallest absolute Gasteiger partial charge is 0.149 e. The first-order chi connectivity index (χ1) is 6.59. The Bertz CT molecular complexity index is 344. The Labute approximate surface area is 83.7 Å². The van der Waals surface area contributed by atoms with Crippen molar-refractivity contribution in [2.45, 2.75) is 19.8 Å². The van der Waals surface area contributed by atoms with Crippen molar-refractivity contribution >= 4 is 17.3 Å². The Morgan fingerprint density at radius 2 is 2.14 bits per heavy atom. The second kappa shape index (κ2) is 3.04. The summed E-state index contributed by atoms with van der Waals surface area (Å²) in [5.41, 5.74) is 12.2. The van der Waals surface area contributed by atoms with Crippen LogP contribution in [0.25, 0.3) is 0 Å². The number of nitrogen functional groups attached to an aromatic ring is 2. The molecule has 1 heterocycles. The summed E-state index contributed by atoms with van der Waals surface area (Å²) >= 11 is 0. The fraction of sp³-hybridized carbons (Fsp3) is 0.500. The van der Waals surface area contributed by atoms with Gasteiger partial charge in [0.25, 0.3) is 0 Å². The van der Waals surface area contributed by atoms with Crippen molar-refractivity contribution in [2.24, 2.45) is 5.41 Å². The predicted molar refractivity (Wildman–Crippen MR) is 58.9 cm³/mol. The van der Waals surface area contributed by atoms with Crippen LogP contribution in [-0.2, 0) is 0 Å². The van der Waals surface area contributed by atoms with Crippen molar-refractivity contribution in [3.05, 3.63) is 12.1 Å². The number of pyridine rings is 1. The lowest BCUT2D eigenvalue weighted by Gasteiger charge is -2.11. The van der Waals surface area contributed by atoms with Crippen LogP contribution >= 0.6 is 0 Å². The molecule has 0 aliphatic heterocycles. The lowest BCUT2D eigenvalue weighted by atomic mass is 10.1. The van der Waals surface area contributed by atoms with Gasteiger partial charge in [-0.25, -0.2) is 4.98 Å². The maximum absolute atomic E-state index is 5.60. The molecule has 0 unspecified atom stereocenters. The van der Waals surface area contributed by atoms with Gasteiger partial charge in [0.1, 0.15) is 11.6 Å². The van der Waals surface area contributed by atoms with Crippen LogP contribution in [0.2, 0.25) is 0 Å². The van der Waals surface area contributed by atoms with Gasteiger partial charge in [-0.2, -0.15) is 0 Å². The van der Waals surface area contributed by atoms with Crippen molar-refractivity contribution in [3.8, 4) is 0 Å². The molecule has 4 heteroatoms. The van der Waals surface area contributed by atoms with Gasteiger partial charge >= 0.3 is 0 Å². The SMILES string of the molecule is CC1(CNc2ccc(N)c(N)n2)CC1. The average Bonchev–Trinajstić information content (AvgIpc) is 2.87. The summed E-state index contributed by atoms with van der Waals surface area (Å²) in [5, 5.41) is 3.27. The monoisotopic (exact) mass is 192 g/mol. The second-order valence-electron chi connectivity index (χ2n) is 4.34. The minimum absolute atomic E-state index is 0.399. The molecule has 0 spiro atoms. The number of rotatable bonds is 3. The molecule has 0 saturated heterocycles. The fourth-order valence-corrected chi connectivity index (χ4v) is 1.28. The first-order valence-corrected chi connectivity index (χ1v) is 4.85. The van der Waals surface area contributed by atoms with Gasteiger partial charge < -0.3 is 16.8 Å². The van der Waals surface area contributed by atoms with Gasteiger partial charge in [-0.15, -0.1) is 0 Å². The maximum Gasteiger partial charge on any atom is 0.149 e. The molecule has 1 aromatic heterocycles. The molecule has 14 heavy (non-hydrogen) atoms. The number of nitrogens with two attached hydrogens (primary N) is 2. The standard InChI is InChI=1S/C10H16N4/c1-10(4-5-10)6-13-8-3-2-7(11)9(12)14-8/h2-3H,4-6,11H2,1H3,(H3,12,13,14). The molecule has 1 saturated carbocycles. The van der Waals surface area contributed by atoms with Gasteiger partial charge in [-0.05, 0) is 30.4 Å². The molecular formula is C10H16N4. The Kier molecular flexibility index (Phi) is 1.98. The quantitative estimate of drug-likeness (QED) is 0.677. The molecule has 0 atom stereocenters. The molecule has 2 rings (SSSR count). The first kappa shape index (κ1) is 9.12. The average molecular weight is 192 g/mol. The largest absolute Gasteiger partial charge is 0.396 e. The van der Waals surface area contributed by atoms with Crippen LogP contribution in [0.4, 0.5) is 17.3 Å². The van der Waals surface area contributed by atoms with E-state index in [2.05, 4.69) is 17.2 Å². The third-order valence-corrected chi connectivity index (χ3v) is 2.76. The molecule has 76 valence electrons. The van der Waals surface area contributed by atoms with Crippen molar-refractivity contribution in [1.82, 2.24) is 4.98 Å². The number of nitrogens with zero attached hydrogens (tertiary/aromatic N) is 1. The number of aromatic nitrogens is 1. The zero-order valence-electron chi connectivity index (χ0n) is 8.38. The van der Waals surface area contributed by atoms with E-state index < -0.39 is 0 Å². The Morgan fingerprint density at radius 3 is 2.71 bits per heavy atom. The predicted octanol–water partition coefficient (Wildman–Crippen LogP) is 1.46. The maximum atomic E-state index is 5.60. The van der Waals surface area contributed by atoms with E-state index in [9.17, 15) is 0 Å². The van der Waals surface area contributed by atoms with E-state index in [1.807, 2.05) is 6.07 Å². The van der Waals surface area contributed by atoms with Gasteiger partial charge in [0.15, 0.2) is 0 Å². The highest BCUT2D eigenvalue weighted by Gasteiger charge is 2.36. The minimum atomic E-state index is 0.399. The van der Waals surface area contributed by atoms with Crippen LogP contribution in [0.15, 0.2) is 12.1 Å². The van der Waals surface area contributed by atoms with Crippen LogP contribution in [0.3, 0.4) is 0 Å². The highest BCUT2D eigenvalue weighted by Crippen LogP contribution is 2.44. The highest BCUT2D eigenvalue weighted by atomic mass is 15.0. The van der Waals surface area contributed by atoms with Gasteiger partial charge in [-0.3, -0.25) is 0 Å². The van der Waals surface area contributed by atoms with E-state index >= 15 is 0 Å². The normalized spacial score (nSPS) is 17.8. The van der Waals surface area contributed by atoms with E-state index in [0.29, 0.717) is 16.9 Å². The van der Waals surface area contributed by atoms with Gasteiger partial charge in [-0.1, -0.05) is 6.92 Å². The summed E-state index contributed by atoms with van der Waals surface area (Å²) in [6.45, 7) is 3.23. The molecular weight excluding hydrogens is 176 g/mol. The zero-order valence-corrected chi connectivity index (χ0v) is 8.38. The molecule has 1 fully saturated rings. The molecule has 0 amide bonds. The van der Waals surface area contributed by atoms with Crippen LogP contribution in [0.5, 0.6) is 0 Å². The van der Waals surface area contributed by atoms with E-state index in [1.165, 1.54) is 12.8 Å². The van der Waals surface area contributed by atoms with Gasteiger partial charge in [0.05, 0.1) is 5.69 Å².